The summed E-state index contributed by atoms with van der Waals surface area (Å²) in [6.07, 6.45) is 2.98. The van der Waals surface area contributed by atoms with E-state index >= 15 is 0 Å². The number of alkyl halides is 3. The van der Waals surface area contributed by atoms with Crippen molar-refractivity contribution in [2.24, 2.45) is 0 Å². The van der Waals surface area contributed by atoms with Gasteiger partial charge in [-0.25, -0.2) is 4.98 Å². The van der Waals surface area contributed by atoms with Gasteiger partial charge in [-0.05, 0) is 34.3 Å². The standard InChI is InChI=1S/C11H6BrCl2F3N2S2/c1-20-10-9(21-11(15,16)17)18-4-19(10)8-6(12)2-5(13)3-7(8)14/h2-4H,1H3. The topological polar surface area (TPSA) is 17.8 Å². The molecule has 0 saturated carbocycles. The monoisotopic (exact) mass is 436 g/mol. The second kappa shape index (κ2) is 6.62. The van der Waals surface area contributed by atoms with Crippen molar-refractivity contribution >= 4 is 62.7 Å². The lowest BCUT2D eigenvalue weighted by molar-refractivity contribution is -0.0330. The summed E-state index contributed by atoms with van der Waals surface area (Å²) in [5, 5.41) is 0.965. The Hall–Kier alpha value is -0.0200. The van der Waals surface area contributed by atoms with Crippen molar-refractivity contribution in [1.82, 2.24) is 9.55 Å². The molecule has 1 heterocycles. The van der Waals surface area contributed by atoms with Crippen LogP contribution in [-0.4, -0.2) is 21.3 Å². The number of aromatic nitrogens is 2. The second-order valence-electron chi connectivity index (χ2n) is 3.69. The molecule has 2 nitrogen and oxygen atoms in total. The normalized spacial score (nSPS) is 12.0. The summed E-state index contributed by atoms with van der Waals surface area (Å²) < 4.78 is 39.7. The lowest BCUT2D eigenvalue weighted by Crippen LogP contribution is -2.01. The summed E-state index contributed by atoms with van der Waals surface area (Å²) in [6.45, 7) is 0. The molecule has 0 radical (unpaired) electrons. The molecule has 0 N–H and O–H groups in total. The third-order valence-corrected chi connectivity index (χ3v) is 5.06. The molecule has 2 aromatic rings. The molecule has 0 aliphatic carbocycles. The van der Waals surface area contributed by atoms with Gasteiger partial charge in [0.25, 0.3) is 0 Å². The van der Waals surface area contributed by atoms with E-state index in [9.17, 15) is 13.2 Å². The third kappa shape index (κ3) is 4.04. The fourth-order valence-electron chi connectivity index (χ4n) is 1.61. The minimum Gasteiger partial charge on any atom is -0.290 e. The largest absolute Gasteiger partial charge is 0.447 e. The van der Waals surface area contributed by atoms with Crippen LogP contribution in [0.3, 0.4) is 0 Å². The Morgan fingerprint density at radius 2 is 1.95 bits per heavy atom. The number of nitrogens with zero attached hydrogens (tertiary/aromatic N) is 2. The summed E-state index contributed by atoms with van der Waals surface area (Å²) in [5.74, 6) is 0. The van der Waals surface area contributed by atoms with E-state index in [0.717, 1.165) is 11.8 Å². The van der Waals surface area contributed by atoms with Crippen LogP contribution in [0.4, 0.5) is 13.2 Å². The van der Waals surface area contributed by atoms with E-state index in [1.54, 1.807) is 12.3 Å². The number of benzene rings is 1. The van der Waals surface area contributed by atoms with Crippen molar-refractivity contribution in [2.75, 3.05) is 6.26 Å². The highest BCUT2D eigenvalue weighted by atomic mass is 79.9. The van der Waals surface area contributed by atoms with Crippen molar-refractivity contribution in [3.63, 3.8) is 0 Å². The average Bonchev–Trinajstić information content (AvgIpc) is 2.68. The number of hydrogen-bond acceptors (Lipinski definition) is 3. The van der Waals surface area contributed by atoms with E-state index in [1.807, 2.05) is 0 Å². The van der Waals surface area contributed by atoms with Gasteiger partial charge in [-0.2, -0.15) is 13.2 Å². The number of thioether (sulfide) groups is 2. The lowest BCUT2D eigenvalue weighted by atomic mass is 10.3. The zero-order chi connectivity index (χ0) is 15.8. The Balaban J connectivity index is 2.56. The predicted molar refractivity (Wildman–Crippen MR) is 85.0 cm³/mol. The predicted octanol–water partition coefficient (Wildman–Crippen LogP) is 6.28. The molecule has 0 bridgehead atoms. The Morgan fingerprint density at radius 3 is 2.48 bits per heavy atom. The van der Waals surface area contributed by atoms with Crippen LogP contribution < -0.4 is 0 Å². The maximum atomic E-state index is 12.5. The average molecular weight is 438 g/mol. The van der Waals surface area contributed by atoms with Gasteiger partial charge in [0.05, 0.1) is 10.7 Å². The number of imidazole rings is 1. The van der Waals surface area contributed by atoms with E-state index in [-0.39, 0.29) is 16.8 Å². The number of halogens is 6. The van der Waals surface area contributed by atoms with Gasteiger partial charge in [0.1, 0.15) is 16.4 Å². The first-order valence-electron chi connectivity index (χ1n) is 5.25. The van der Waals surface area contributed by atoms with Gasteiger partial charge < -0.3 is 0 Å². The summed E-state index contributed by atoms with van der Waals surface area (Å²) in [6, 6.07) is 3.13. The molecule has 0 spiro atoms. The smallest absolute Gasteiger partial charge is 0.290 e. The molecule has 0 saturated heterocycles. The van der Waals surface area contributed by atoms with E-state index in [0.29, 0.717) is 25.2 Å². The van der Waals surface area contributed by atoms with Gasteiger partial charge in [-0.15, -0.1) is 11.8 Å². The summed E-state index contributed by atoms with van der Waals surface area (Å²) in [7, 11) is 0. The molecule has 0 unspecified atom stereocenters. The van der Waals surface area contributed by atoms with Crippen LogP contribution in [0.5, 0.6) is 0 Å². The molecule has 1 aromatic heterocycles. The van der Waals surface area contributed by atoms with E-state index < -0.39 is 5.51 Å². The summed E-state index contributed by atoms with van der Waals surface area (Å²) in [4.78, 5) is 3.83. The van der Waals surface area contributed by atoms with Crippen LogP contribution in [0.1, 0.15) is 0 Å². The van der Waals surface area contributed by atoms with Crippen LogP contribution in [0.2, 0.25) is 10.0 Å². The van der Waals surface area contributed by atoms with E-state index in [4.69, 9.17) is 23.2 Å². The Morgan fingerprint density at radius 1 is 1.29 bits per heavy atom. The van der Waals surface area contributed by atoms with E-state index in [2.05, 4.69) is 20.9 Å². The Bertz CT molecular complexity index is 653. The van der Waals surface area contributed by atoms with Gasteiger partial charge >= 0.3 is 5.51 Å². The fraction of sp³-hybridized carbons (Fsp3) is 0.182. The first-order chi connectivity index (χ1) is 9.73. The first-order valence-corrected chi connectivity index (χ1v) is 8.84. The molecule has 0 aliphatic heterocycles. The molecule has 0 amide bonds. The molecule has 114 valence electrons. The summed E-state index contributed by atoms with van der Waals surface area (Å²) >= 11 is 16.2. The van der Waals surface area contributed by atoms with Gasteiger partial charge in [0.15, 0.2) is 0 Å². The molecule has 0 fully saturated rings. The zero-order valence-electron chi connectivity index (χ0n) is 10.2. The molecule has 2 rings (SSSR count). The molecule has 0 aliphatic rings. The van der Waals surface area contributed by atoms with Crippen LogP contribution >= 0.6 is 62.7 Å². The lowest BCUT2D eigenvalue weighted by Gasteiger charge is -2.12. The van der Waals surface area contributed by atoms with Crippen molar-refractivity contribution in [1.29, 1.82) is 0 Å². The van der Waals surface area contributed by atoms with Crippen LogP contribution in [0, 0.1) is 0 Å². The molecular weight excluding hydrogens is 432 g/mol. The maximum absolute atomic E-state index is 12.5. The number of rotatable bonds is 3. The Labute approximate surface area is 145 Å². The first kappa shape index (κ1) is 17.3. The van der Waals surface area contributed by atoms with Crippen molar-refractivity contribution in [3.8, 4) is 5.69 Å². The van der Waals surface area contributed by atoms with Crippen molar-refractivity contribution < 1.29 is 13.2 Å². The van der Waals surface area contributed by atoms with Crippen LogP contribution in [0.25, 0.3) is 5.69 Å². The van der Waals surface area contributed by atoms with Gasteiger partial charge in [-0.1, -0.05) is 23.2 Å². The second-order valence-corrected chi connectivity index (χ2v) is 7.24. The van der Waals surface area contributed by atoms with Gasteiger partial charge in [0, 0.05) is 21.3 Å². The Kier molecular flexibility index (Phi) is 5.46. The highest BCUT2D eigenvalue weighted by Gasteiger charge is 2.33. The molecule has 1 aromatic carbocycles. The van der Waals surface area contributed by atoms with Gasteiger partial charge in [0.2, 0.25) is 0 Å². The van der Waals surface area contributed by atoms with Gasteiger partial charge in [-0.3, -0.25) is 4.57 Å². The SMILES string of the molecule is CSc1c(SC(F)(F)F)ncn1-c1c(Cl)cc(Cl)cc1Br. The quantitative estimate of drug-likeness (QED) is 0.526. The van der Waals surface area contributed by atoms with Crippen LogP contribution in [-0.2, 0) is 0 Å². The van der Waals surface area contributed by atoms with E-state index in [1.165, 1.54) is 17.0 Å². The highest BCUT2D eigenvalue weighted by Crippen LogP contribution is 2.42. The third-order valence-electron chi connectivity index (χ3n) is 2.32. The zero-order valence-corrected chi connectivity index (χ0v) is 14.9. The van der Waals surface area contributed by atoms with Crippen molar-refractivity contribution in [2.45, 2.75) is 15.6 Å². The highest BCUT2D eigenvalue weighted by molar-refractivity contribution is 9.10. The molecular formula is C11H6BrCl2F3N2S2. The minimum absolute atomic E-state index is 0.118. The molecule has 21 heavy (non-hydrogen) atoms. The minimum atomic E-state index is -4.40. The molecule has 10 heteroatoms. The van der Waals surface area contributed by atoms with Crippen molar-refractivity contribution in [3.05, 3.63) is 33.0 Å². The maximum Gasteiger partial charge on any atom is 0.447 e. The molecule has 0 atom stereocenters. The summed E-state index contributed by atoms with van der Waals surface area (Å²) in [5.41, 5.74) is -3.91. The van der Waals surface area contributed by atoms with Crippen LogP contribution in [0.15, 0.2) is 33.0 Å². The fourth-order valence-corrected chi connectivity index (χ4v) is 4.53. The number of hydrogen-bond donors (Lipinski definition) is 0.